The SMILES string of the molecule is CCC1OCCC1CNCCC(C)(C)C#N. The van der Waals surface area contributed by atoms with Crippen LogP contribution >= 0.6 is 0 Å². The zero-order valence-corrected chi connectivity index (χ0v) is 10.8. The van der Waals surface area contributed by atoms with Crippen LogP contribution in [0.25, 0.3) is 0 Å². The molecule has 3 heteroatoms. The van der Waals surface area contributed by atoms with Crippen LogP contribution < -0.4 is 5.32 Å². The summed E-state index contributed by atoms with van der Waals surface area (Å²) in [6.45, 7) is 9.02. The fraction of sp³-hybridized carbons (Fsp3) is 0.923. The minimum Gasteiger partial charge on any atom is -0.378 e. The molecule has 2 unspecified atom stereocenters. The molecule has 0 amide bonds. The molecule has 1 saturated heterocycles. The molecule has 3 nitrogen and oxygen atoms in total. The number of rotatable bonds is 6. The number of ether oxygens (including phenoxy) is 1. The molecular formula is C13H24N2O. The van der Waals surface area contributed by atoms with Crippen LogP contribution in [0.2, 0.25) is 0 Å². The molecule has 1 N–H and O–H groups in total. The Bertz CT molecular complexity index is 245. The third-order valence-electron chi connectivity index (χ3n) is 3.38. The zero-order valence-electron chi connectivity index (χ0n) is 10.8. The molecule has 1 heterocycles. The van der Waals surface area contributed by atoms with Gasteiger partial charge in [0.1, 0.15) is 0 Å². The Balaban J connectivity index is 2.14. The molecule has 92 valence electrons. The van der Waals surface area contributed by atoms with Gasteiger partial charge >= 0.3 is 0 Å². The highest BCUT2D eigenvalue weighted by Gasteiger charge is 2.26. The third kappa shape index (κ3) is 4.11. The van der Waals surface area contributed by atoms with E-state index in [1.54, 1.807) is 0 Å². The van der Waals surface area contributed by atoms with Crippen LogP contribution in [-0.2, 0) is 4.74 Å². The second-order valence-corrected chi connectivity index (χ2v) is 5.32. The number of nitrogens with zero attached hydrogens (tertiary/aromatic N) is 1. The lowest BCUT2D eigenvalue weighted by molar-refractivity contribution is 0.0872. The van der Waals surface area contributed by atoms with Crippen molar-refractivity contribution >= 4 is 0 Å². The van der Waals surface area contributed by atoms with E-state index < -0.39 is 0 Å². The quantitative estimate of drug-likeness (QED) is 0.704. The van der Waals surface area contributed by atoms with E-state index in [4.69, 9.17) is 10.00 Å². The molecule has 0 aliphatic carbocycles. The van der Waals surface area contributed by atoms with Gasteiger partial charge in [0, 0.05) is 13.2 Å². The smallest absolute Gasteiger partial charge is 0.0684 e. The Hall–Kier alpha value is -0.590. The van der Waals surface area contributed by atoms with Crippen molar-refractivity contribution in [2.75, 3.05) is 19.7 Å². The maximum atomic E-state index is 8.89. The van der Waals surface area contributed by atoms with E-state index >= 15 is 0 Å². The Morgan fingerprint density at radius 2 is 2.25 bits per heavy atom. The van der Waals surface area contributed by atoms with E-state index in [2.05, 4.69) is 18.3 Å². The lowest BCUT2D eigenvalue weighted by atomic mass is 9.91. The minimum atomic E-state index is -0.205. The number of nitrogens with one attached hydrogen (secondary N) is 1. The maximum Gasteiger partial charge on any atom is 0.0684 e. The highest BCUT2D eigenvalue weighted by molar-refractivity contribution is 4.91. The number of hydrogen-bond acceptors (Lipinski definition) is 3. The first-order chi connectivity index (χ1) is 7.59. The topological polar surface area (TPSA) is 45.0 Å². The highest BCUT2D eigenvalue weighted by atomic mass is 16.5. The second kappa shape index (κ2) is 6.22. The van der Waals surface area contributed by atoms with Crippen LogP contribution in [0.4, 0.5) is 0 Å². The van der Waals surface area contributed by atoms with Gasteiger partial charge in [-0.15, -0.1) is 0 Å². The van der Waals surface area contributed by atoms with Crippen molar-refractivity contribution in [3.8, 4) is 6.07 Å². The number of hydrogen-bond donors (Lipinski definition) is 1. The summed E-state index contributed by atoms with van der Waals surface area (Å²) in [6.07, 6.45) is 3.63. The monoisotopic (exact) mass is 224 g/mol. The third-order valence-corrected chi connectivity index (χ3v) is 3.38. The van der Waals surface area contributed by atoms with E-state index in [0.29, 0.717) is 12.0 Å². The van der Waals surface area contributed by atoms with Gasteiger partial charge in [-0.2, -0.15) is 5.26 Å². The average molecular weight is 224 g/mol. The van der Waals surface area contributed by atoms with Gasteiger partial charge in [0.25, 0.3) is 0 Å². The predicted molar refractivity (Wildman–Crippen MR) is 65.0 cm³/mol. The molecule has 1 fully saturated rings. The van der Waals surface area contributed by atoms with E-state index in [1.807, 2.05) is 13.8 Å². The van der Waals surface area contributed by atoms with Gasteiger partial charge in [0.2, 0.25) is 0 Å². The molecular weight excluding hydrogens is 200 g/mol. The van der Waals surface area contributed by atoms with Crippen molar-refractivity contribution in [1.82, 2.24) is 5.32 Å². The van der Waals surface area contributed by atoms with Crippen LogP contribution in [0, 0.1) is 22.7 Å². The van der Waals surface area contributed by atoms with Gasteiger partial charge in [0.05, 0.1) is 17.6 Å². The number of nitriles is 1. The zero-order chi connectivity index (χ0) is 12.0. The summed E-state index contributed by atoms with van der Waals surface area (Å²) in [6, 6.07) is 2.33. The van der Waals surface area contributed by atoms with Crippen molar-refractivity contribution in [2.24, 2.45) is 11.3 Å². The van der Waals surface area contributed by atoms with Crippen molar-refractivity contribution in [3.63, 3.8) is 0 Å². The van der Waals surface area contributed by atoms with Gasteiger partial charge in [-0.05, 0) is 45.6 Å². The lowest BCUT2D eigenvalue weighted by Gasteiger charge is -2.19. The van der Waals surface area contributed by atoms with E-state index in [-0.39, 0.29) is 5.41 Å². The Morgan fingerprint density at radius 1 is 1.50 bits per heavy atom. The lowest BCUT2D eigenvalue weighted by Crippen LogP contribution is -2.30. The van der Waals surface area contributed by atoms with E-state index in [1.165, 1.54) is 6.42 Å². The van der Waals surface area contributed by atoms with Crippen molar-refractivity contribution in [1.29, 1.82) is 5.26 Å². The highest BCUT2D eigenvalue weighted by Crippen LogP contribution is 2.23. The van der Waals surface area contributed by atoms with E-state index in [9.17, 15) is 0 Å². The van der Waals surface area contributed by atoms with Crippen LogP contribution in [0.15, 0.2) is 0 Å². The first-order valence-electron chi connectivity index (χ1n) is 6.32. The molecule has 2 atom stereocenters. The second-order valence-electron chi connectivity index (χ2n) is 5.32. The first-order valence-corrected chi connectivity index (χ1v) is 6.32. The van der Waals surface area contributed by atoms with Crippen molar-refractivity contribution in [3.05, 3.63) is 0 Å². The van der Waals surface area contributed by atoms with E-state index in [0.717, 1.165) is 32.5 Å². The summed E-state index contributed by atoms with van der Waals surface area (Å²) in [5, 5.41) is 12.3. The predicted octanol–water partition coefficient (Wildman–Crippen LogP) is 2.33. The summed E-state index contributed by atoms with van der Waals surface area (Å²) in [5.74, 6) is 0.662. The van der Waals surface area contributed by atoms with Crippen molar-refractivity contribution < 1.29 is 4.74 Å². The normalized spacial score (nSPS) is 25.6. The standard InChI is InChI=1S/C13H24N2O/c1-4-12-11(5-8-16-12)9-15-7-6-13(2,3)10-14/h11-12,15H,4-9H2,1-3H3. The Kier molecular flexibility index (Phi) is 5.24. The van der Waals surface area contributed by atoms with Crippen LogP contribution in [0.3, 0.4) is 0 Å². The molecule has 0 aromatic heterocycles. The molecule has 0 saturated carbocycles. The van der Waals surface area contributed by atoms with Crippen LogP contribution in [0.5, 0.6) is 0 Å². The van der Waals surface area contributed by atoms with Crippen LogP contribution in [-0.4, -0.2) is 25.8 Å². The maximum absolute atomic E-state index is 8.89. The molecule has 1 aliphatic rings. The molecule has 1 rings (SSSR count). The average Bonchev–Trinajstić information content (AvgIpc) is 2.72. The van der Waals surface area contributed by atoms with Gasteiger partial charge in [-0.1, -0.05) is 6.92 Å². The molecule has 0 bridgehead atoms. The van der Waals surface area contributed by atoms with Gasteiger partial charge in [0.15, 0.2) is 0 Å². The molecule has 0 aromatic carbocycles. The molecule has 0 spiro atoms. The Morgan fingerprint density at radius 3 is 2.88 bits per heavy atom. The van der Waals surface area contributed by atoms with Gasteiger partial charge in [-0.3, -0.25) is 0 Å². The molecule has 1 aliphatic heterocycles. The summed E-state index contributed by atoms with van der Waals surface area (Å²) >= 11 is 0. The fourth-order valence-electron chi connectivity index (χ4n) is 2.12. The van der Waals surface area contributed by atoms with Gasteiger partial charge in [-0.25, -0.2) is 0 Å². The van der Waals surface area contributed by atoms with Gasteiger partial charge < -0.3 is 10.1 Å². The summed E-state index contributed by atoms with van der Waals surface area (Å²) in [7, 11) is 0. The summed E-state index contributed by atoms with van der Waals surface area (Å²) < 4.78 is 5.64. The molecule has 16 heavy (non-hydrogen) atoms. The summed E-state index contributed by atoms with van der Waals surface area (Å²) in [5.41, 5.74) is -0.205. The summed E-state index contributed by atoms with van der Waals surface area (Å²) in [4.78, 5) is 0. The largest absolute Gasteiger partial charge is 0.378 e. The molecule has 0 aromatic rings. The first kappa shape index (κ1) is 13.5. The molecule has 0 radical (unpaired) electrons. The Labute approximate surface area is 99.2 Å². The minimum absolute atomic E-state index is 0.205. The van der Waals surface area contributed by atoms with Crippen LogP contribution in [0.1, 0.15) is 40.0 Å². The fourth-order valence-corrected chi connectivity index (χ4v) is 2.12. The van der Waals surface area contributed by atoms with Crippen molar-refractivity contribution in [2.45, 2.75) is 46.1 Å².